The third-order valence-corrected chi connectivity index (χ3v) is 3.86. The lowest BCUT2D eigenvalue weighted by Crippen LogP contribution is -2.38. The Morgan fingerprint density at radius 1 is 1.12 bits per heavy atom. The fraction of sp³-hybridized carbons (Fsp3) is 0.176. The molecule has 0 bridgehead atoms. The standard InChI is InChI=1S/C17H15BrF2N2O2/c1-10(11-2-4-12(18)5-3-11)22-16(23)9-21-17(24)14-7-6-13(19)8-15(14)20/h2-8,10H,9H2,1H3,(H,21,24)(H,22,23). The molecule has 0 radical (unpaired) electrons. The van der Waals surface area contributed by atoms with E-state index in [4.69, 9.17) is 0 Å². The van der Waals surface area contributed by atoms with Crippen molar-refractivity contribution in [2.24, 2.45) is 0 Å². The maximum atomic E-state index is 13.5. The minimum Gasteiger partial charge on any atom is -0.348 e. The summed E-state index contributed by atoms with van der Waals surface area (Å²) < 4.78 is 27.2. The highest BCUT2D eigenvalue weighted by Crippen LogP contribution is 2.16. The van der Waals surface area contributed by atoms with Crippen LogP contribution in [-0.4, -0.2) is 18.4 Å². The second kappa shape index (κ2) is 8.01. The van der Waals surface area contributed by atoms with Gasteiger partial charge in [-0.15, -0.1) is 0 Å². The Labute approximate surface area is 146 Å². The number of carbonyl (C=O) groups excluding carboxylic acids is 2. The summed E-state index contributed by atoms with van der Waals surface area (Å²) in [6.07, 6.45) is 0. The van der Waals surface area contributed by atoms with Crippen LogP contribution in [0.5, 0.6) is 0 Å². The third kappa shape index (κ3) is 4.86. The molecule has 24 heavy (non-hydrogen) atoms. The molecule has 0 aliphatic carbocycles. The zero-order chi connectivity index (χ0) is 17.7. The van der Waals surface area contributed by atoms with E-state index < -0.39 is 23.4 Å². The van der Waals surface area contributed by atoms with Crippen LogP contribution < -0.4 is 10.6 Å². The highest BCUT2D eigenvalue weighted by atomic mass is 79.9. The van der Waals surface area contributed by atoms with Crippen molar-refractivity contribution in [3.63, 3.8) is 0 Å². The van der Waals surface area contributed by atoms with Gasteiger partial charge in [0.05, 0.1) is 18.2 Å². The van der Waals surface area contributed by atoms with Crippen LogP contribution >= 0.6 is 15.9 Å². The summed E-state index contributed by atoms with van der Waals surface area (Å²) in [4.78, 5) is 23.7. The predicted octanol–water partition coefficient (Wildman–Crippen LogP) is 3.33. The monoisotopic (exact) mass is 396 g/mol. The fourth-order valence-corrected chi connectivity index (χ4v) is 2.32. The van der Waals surface area contributed by atoms with Gasteiger partial charge in [0.2, 0.25) is 5.91 Å². The molecule has 2 aromatic carbocycles. The first-order chi connectivity index (χ1) is 11.4. The highest BCUT2D eigenvalue weighted by molar-refractivity contribution is 9.10. The number of benzene rings is 2. The summed E-state index contributed by atoms with van der Waals surface area (Å²) in [5.74, 6) is -2.94. The summed E-state index contributed by atoms with van der Waals surface area (Å²) in [7, 11) is 0. The summed E-state index contributed by atoms with van der Waals surface area (Å²) in [6, 6.07) is 9.82. The Balaban J connectivity index is 1.88. The van der Waals surface area contributed by atoms with Gasteiger partial charge >= 0.3 is 0 Å². The van der Waals surface area contributed by atoms with Gasteiger partial charge in [-0.2, -0.15) is 0 Å². The minimum atomic E-state index is -0.976. The second-order valence-electron chi connectivity index (χ2n) is 5.15. The first-order valence-electron chi connectivity index (χ1n) is 7.15. The first kappa shape index (κ1) is 18.1. The average molecular weight is 397 g/mol. The van der Waals surface area contributed by atoms with Crippen molar-refractivity contribution in [2.75, 3.05) is 6.54 Å². The van der Waals surface area contributed by atoms with E-state index in [1.54, 1.807) is 0 Å². The molecule has 0 saturated heterocycles. The normalized spacial score (nSPS) is 11.7. The van der Waals surface area contributed by atoms with Crippen molar-refractivity contribution in [1.29, 1.82) is 0 Å². The van der Waals surface area contributed by atoms with E-state index in [0.29, 0.717) is 6.07 Å². The molecule has 0 aliphatic heterocycles. The largest absolute Gasteiger partial charge is 0.348 e. The highest BCUT2D eigenvalue weighted by Gasteiger charge is 2.14. The quantitative estimate of drug-likeness (QED) is 0.814. The molecule has 0 heterocycles. The Hall–Kier alpha value is -2.28. The van der Waals surface area contributed by atoms with Gasteiger partial charge in [0, 0.05) is 10.5 Å². The Kier molecular flexibility index (Phi) is 6.03. The van der Waals surface area contributed by atoms with E-state index in [9.17, 15) is 18.4 Å². The van der Waals surface area contributed by atoms with Crippen LogP contribution in [0, 0.1) is 11.6 Å². The fourth-order valence-electron chi connectivity index (χ4n) is 2.06. The molecule has 0 fully saturated rings. The molecule has 0 aromatic heterocycles. The molecule has 7 heteroatoms. The van der Waals surface area contributed by atoms with Crippen molar-refractivity contribution in [1.82, 2.24) is 10.6 Å². The Morgan fingerprint density at radius 2 is 1.79 bits per heavy atom. The molecule has 1 atom stereocenters. The van der Waals surface area contributed by atoms with Crippen LogP contribution in [-0.2, 0) is 4.79 Å². The van der Waals surface area contributed by atoms with Crippen molar-refractivity contribution in [3.05, 3.63) is 69.7 Å². The smallest absolute Gasteiger partial charge is 0.254 e. The predicted molar refractivity (Wildman–Crippen MR) is 89.4 cm³/mol. The molecule has 0 spiro atoms. The number of carbonyl (C=O) groups is 2. The molecule has 0 saturated carbocycles. The van der Waals surface area contributed by atoms with Gasteiger partial charge in [-0.25, -0.2) is 8.78 Å². The van der Waals surface area contributed by atoms with Crippen LogP contribution in [0.2, 0.25) is 0 Å². The van der Waals surface area contributed by atoms with Crippen molar-refractivity contribution in [3.8, 4) is 0 Å². The Bertz CT molecular complexity index is 751. The van der Waals surface area contributed by atoms with Gasteiger partial charge in [-0.3, -0.25) is 9.59 Å². The van der Waals surface area contributed by atoms with Gasteiger partial charge in [-0.1, -0.05) is 28.1 Å². The molecule has 0 aliphatic rings. The van der Waals surface area contributed by atoms with E-state index in [-0.39, 0.29) is 18.2 Å². The maximum Gasteiger partial charge on any atom is 0.254 e. The lowest BCUT2D eigenvalue weighted by Gasteiger charge is -2.15. The van der Waals surface area contributed by atoms with E-state index in [1.165, 1.54) is 0 Å². The lowest BCUT2D eigenvalue weighted by molar-refractivity contribution is -0.120. The molecular formula is C17H15BrF2N2O2. The first-order valence-corrected chi connectivity index (χ1v) is 7.94. The van der Waals surface area contributed by atoms with Crippen LogP contribution in [0.1, 0.15) is 28.9 Å². The molecular weight excluding hydrogens is 382 g/mol. The van der Waals surface area contributed by atoms with Crippen molar-refractivity contribution in [2.45, 2.75) is 13.0 Å². The third-order valence-electron chi connectivity index (χ3n) is 3.33. The van der Waals surface area contributed by atoms with E-state index in [0.717, 1.165) is 22.2 Å². The van der Waals surface area contributed by atoms with E-state index >= 15 is 0 Å². The van der Waals surface area contributed by atoms with Gasteiger partial charge in [0.1, 0.15) is 11.6 Å². The summed E-state index contributed by atoms with van der Waals surface area (Å²) in [5.41, 5.74) is 0.590. The zero-order valence-electron chi connectivity index (χ0n) is 12.8. The van der Waals surface area contributed by atoms with E-state index in [1.807, 2.05) is 31.2 Å². The SMILES string of the molecule is CC(NC(=O)CNC(=O)c1ccc(F)cc1F)c1ccc(Br)cc1. The summed E-state index contributed by atoms with van der Waals surface area (Å²) >= 11 is 3.33. The molecule has 4 nitrogen and oxygen atoms in total. The average Bonchev–Trinajstić information content (AvgIpc) is 2.53. The summed E-state index contributed by atoms with van der Waals surface area (Å²) in [5, 5.41) is 5.03. The number of hydrogen-bond acceptors (Lipinski definition) is 2. The molecule has 126 valence electrons. The van der Waals surface area contributed by atoms with Crippen LogP contribution in [0.15, 0.2) is 46.9 Å². The summed E-state index contributed by atoms with van der Waals surface area (Å²) in [6.45, 7) is 1.50. The second-order valence-corrected chi connectivity index (χ2v) is 6.06. The topological polar surface area (TPSA) is 58.2 Å². The van der Waals surface area contributed by atoms with Gasteiger partial charge in [0.25, 0.3) is 5.91 Å². The Morgan fingerprint density at radius 3 is 2.42 bits per heavy atom. The number of nitrogens with one attached hydrogen (secondary N) is 2. The van der Waals surface area contributed by atoms with Crippen LogP contribution in [0.25, 0.3) is 0 Å². The van der Waals surface area contributed by atoms with Crippen molar-refractivity contribution >= 4 is 27.7 Å². The van der Waals surface area contributed by atoms with Crippen LogP contribution in [0.3, 0.4) is 0 Å². The maximum absolute atomic E-state index is 13.5. The molecule has 1 unspecified atom stereocenters. The zero-order valence-corrected chi connectivity index (χ0v) is 14.4. The van der Waals surface area contributed by atoms with Gasteiger partial charge in [0.15, 0.2) is 0 Å². The number of hydrogen-bond donors (Lipinski definition) is 2. The lowest BCUT2D eigenvalue weighted by atomic mass is 10.1. The number of amides is 2. The van der Waals surface area contributed by atoms with E-state index in [2.05, 4.69) is 26.6 Å². The number of halogens is 3. The molecule has 2 aromatic rings. The molecule has 2 amide bonds. The van der Waals surface area contributed by atoms with Crippen LogP contribution in [0.4, 0.5) is 8.78 Å². The number of rotatable bonds is 5. The molecule has 2 N–H and O–H groups in total. The minimum absolute atomic E-state index is 0.245. The van der Waals surface area contributed by atoms with Gasteiger partial charge in [-0.05, 0) is 36.8 Å². The molecule has 2 rings (SSSR count). The van der Waals surface area contributed by atoms with Gasteiger partial charge < -0.3 is 10.6 Å². The van der Waals surface area contributed by atoms with Crippen molar-refractivity contribution < 1.29 is 18.4 Å².